The molecule has 2 aliphatic rings. The third-order valence-corrected chi connectivity index (χ3v) is 6.47. The van der Waals surface area contributed by atoms with Gasteiger partial charge in [0.2, 0.25) is 11.8 Å². The number of benzene rings is 1. The van der Waals surface area contributed by atoms with Crippen molar-refractivity contribution in [2.45, 2.75) is 50.8 Å². The summed E-state index contributed by atoms with van der Waals surface area (Å²) in [6, 6.07) is 8.66. The Bertz CT molecular complexity index is 1060. The molecular formula is C23H25ClF2N4O3. The number of aliphatic imine (C=N–C) groups is 1. The minimum atomic E-state index is -2.98. The number of hydrogen-bond donors (Lipinski definition) is 1. The van der Waals surface area contributed by atoms with Gasteiger partial charge >= 0.3 is 6.61 Å². The third-order valence-electron chi connectivity index (χ3n) is 6.02. The second kappa shape index (κ2) is 9.61. The standard InChI is InChI=1S/C23H25ClF2N4O3/c1-23(13-18(31)30(22(27)29-23)16-7-10-32-11-8-16)17-6-2-4-14(19(17)24)12-15-5-3-9-28-20(15)33-21(25)26/h2-6,9,16,21H,7-8,10-13H2,1H3,(H2,27,29)/t23-/m0/s1. The molecule has 0 spiro atoms. The Morgan fingerprint density at radius 2 is 2.00 bits per heavy atom. The Morgan fingerprint density at radius 3 is 2.70 bits per heavy atom. The lowest BCUT2D eigenvalue weighted by Crippen LogP contribution is -2.55. The average molecular weight is 479 g/mol. The van der Waals surface area contributed by atoms with Gasteiger partial charge in [-0.2, -0.15) is 8.78 Å². The minimum absolute atomic E-state index is 0.0276. The van der Waals surface area contributed by atoms with Crippen LogP contribution in [0.25, 0.3) is 0 Å². The van der Waals surface area contributed by atoms with E-state index >= 15 is 0 Å². The number of halogens is 3. The zero-order valence-corrected chi connectivity index (χ0v) is 18.9. The van der Waals surface area contributed by atoms with E-state index in [9.17, 15) is 13.6 Å². The number of nitrogens with two attached hydrogens (primary N) is 1. The molecule has 0 bridgehead atoms. The summed E-state index contributed by atoms with van der Waals surface area (Å²) in [5.74, 6) is -0.0948. The van der Waals surface area contributed by atoms with Gasteiger partial charge in [0.25, 0.3) is 0 Å². The van der Waals surface area contributed by atoms with Gasteiger partial charge in [0, 0.05) is 42.5 Å². The number of amides is 1. The maximum Gasteiger partial charge on any atom is 0.388 e. The van der Waals surface area contributed by atoms with E-state index < -0.39 is 12.2 Å². The van der Waals surface area contributed by atoms with Crippen LogP contribution in [0.5, 0.6) is 5.88 Å². The van der Waals surface area contributed by atoms with Crippen molar-refractivity contribution in [2.75, 3.05) is 13.2 Å². The van der Waals surface area contributed by atoms with Crippen LogP contribution in [0.4, 0.5) is 8.78 Å². The van der Waals surface area contributed by atoms with E-state index in [2.05, 4.69) is 9.72 Å². The monoisotopic (exact) mass is 478 g/mol. The zero-order chi connectivity index (χ0) is 23.6. The van der Waals surface area contributed by atoms with Crippen LogP contribution < -0.4 is 10.5 Å². The molecule has 0 aliphatic carbocycles. The molecule has 10 heteroatoms. The van der Waals surface area contributed by atoms with E-state index in [0.29, 0.717) is 47.8 Å². The first-order valence-corrected chi connectivity index (χ1v) is 11.1. The summed E-state index contributed by atoms with van der Waals surface area (Å²) in [4.78, 5) is 23.3. The van der Waals surface area contributed by atoms with Crippen LogP contribution in [-0.2, 0) is 21.5 Å². The van der Waals surface area contributed by atoms with Gasteiger partial charge in [0.05, 0.1) is 12.0 Å². The van der Waals surface area contributed by atoms with Crippen molar-refractivity contribution in [1.29, 1.82) is 0 Å². The highest BCUT2D eigenvalue weighted by atomic mass is 35.5. The van der Waals surface area contributed by atoms with E-state index in [4.69, 9.17) is 27.1 Å². The third kappa shape index (κ3) is 4.94. The second-order valence-electron chi connectivity index (χ2n) is 8.33. The SMILES string of the molecule is C[C@@]1(c2cccc(Cc3cccnc3OC(F)F)c2Cl)CC(=O)N(C2CCOCC2)C(N)=N1. The summed E-state index contributed by atoms with van der Waals surface area (Å²) in [5.41, 5.74) is 7.10. The second-order valence-corrected chi connectivity index (χ2v) is 8.71. The lowest BCUT2D eigenvalue weighted by atomic mass is 9.85. The molecule has 2 aliphatic heterocycles. The molecule has 1 aromatic heterocycles. The van der Waals surface area contributed by atoms with Gasteiger partial charge in [-0.25, -0.2) is 9.98 Å². The quantitative estimate of drug-likeness (QED) is 0.680. The summed E-state index contributed by atoms with van der Waals surface area (Å²) in [7, 11) is 0. The van der Waals surface area contributed by atoms with Crippen molar-refractivity contribution in [3.05, 3.63) is 58.2 Å². The number of rotatable bonds is 6. The van der Waals surface area contributed by atoms with Crippen molar-refractivity contribution in [1.82, 2.24) is 9.88 Å². The Morgan fingerprint density at radius 1 is 1.27 bits per heavy atom. The van der Waals surface area contributed by atoms with Gasteiger partial charge in [-0.15, -0.1) is 0 Å². The molecule has 7 nitrogen and oxygen atoms in total. The van der Waals surface area contributed by atoms with Gasteiger partial charge in [-0.3, -0.25) is 9.69 Å². The molecule has 3 heterocycles. The highest BCUT2D eigenvalue weighted by Gasteiger charge is 2.41. The number of hydrogen-bond acceptors (Lipinski definition) is 6. The molecule has 2 N–H and O–H groups in total. The van der Waals surface area contributed by atoms with Crippen molar-refractivity contribution < 1.29 is 23.0 Å². The number of guanidine groups is 1. The van der Waals surface area contributed by atoms with Gasteiger partial charge < -0.3 is 15.2 Å². The van der Waals surface area contributed by atoms with Crippen LogP contribution in [0, 0.1) is 0 Å². The fourth-order valence-corrected chi connectivity index (χ4v) is 4.83. The molecular weight excluding hydrogens is 454 g/mol. The largest absolute Gasteiger partial charge is 0.417 e. The molecule has 0 radical (unpaired) electrons. The summed E-state index contributed by atoms with van der Waals surface area (Å²) in [6.07, 6.45) is 3.14. The fraction of sp³-hybridized carbons (Fsp3) is 0.435. The Kier molecular flexibility index (Phi) is 6.81. The molecule has 1 aromatic carbocycles. The van der Waals surface area contributed by atoms with Crippen molar-refractivity contribution in [3.63, 3.8) is 0 Å². The zero-order valence-electron chi connectivity index (χ0n) is 18.1. The van der Waals surface area contributed by atoms with Gasteiger partial charge in [-0.1, -0.05) is 35.9 Å². The molecule has 2 aromatic rings. The highest BCUT2D eigenvalue weighted by Crippen LogP contribution is 2.40. The normalized spacial score (nSPS) is 21.9. The highest BCUT2D eigenvalue weighted by molar-refractivity contribution is 6.32. The number of carbonyl (C=O) groups excluding carboxylic acids is 1. The molecule has 176 valence electrons. The van der Waals surface area contributed by atoms with Crippen LogP contribution in [0.3, 0.4) is 0 Å². The molecule has 1 atom stereocenters. The van der Waals surface area contributed by atoms with E-state index in [1.165, 1.54) is 6.20 Å². The maximum absolute atomic E-state index is 13.1. The first-order chi connectivity index (χ1) is 15.8. The van der Waals surface area contributed by atoms with Crippen LogP contribution in [0.15, 0.2) is 41.5 Å². The maximum atomic E-state index is 13.1. The lowest BCUT2D eigenvalue weighted by Gasteiger charge is -2.40. The predicted molar refractivity (Wildman–Crippen MR) is 119 cm³/mol. The summed E-state index contributed by atoms with van der Waals surface area (Å²) < 4.78 is 35.4. The van der Waals surface area contributed by atoms with E-state index in [1.54, 1.807) is 35.2 Å². The smallest absolute Gasteiger partial charge is 0.388 e. The predicted octanol–water partition coefficient (Wildman–Crippen LogP) is 3.87. The van der Waals surface area contributed by atoms with Gasteiger partial charge in [0.15, 0.2) is 5.96 Å². The van der Waals surface area contributed by atoms with Crippen molar-refractivity contribution in [2.24, 2.45) is 10.7 Å². The summed E-state index contributed by atoms with van der Waals surface area (Å²) >= 11 is 6.76. The van der Waals surface area contributed by atoms with Crippen LogP contribution in [0.1, 0.15) is 42.9 Å². The van der Waals surface area contributed by atoms with Crippen molar-refractivity contribution in [3.8, 4) is 5.88 Å². The van der Waals surface area contributed by atoms with Crippen LogP contribution in [-0.4, -0.2) is 47.6 Å². The Balaban J connectivity index is 1.64. The molecule has 1 amide bonds. The first kappa shape index (κ1) is 23.4. The van der Waals surface area contributed by atoms with Crippen molar-refractivity contribution >= 4 is 23.5 Å². The molecule has 33 heavy (non-hydrogen) atoms. The molecule has 0 unspecified atom stereocenters. The van der Waals surface area contributed by atoms with E-state index in [-0.39, 0.29) is 36.6 Å². The lowest BCUT2D eigenvalue weighted by molar-refractivity contribution is -0.132. The number of alkyl halides is 2. The number of nitrogens with zero attached hydrogens (tertiary/aromatic N) is 3. The van der Waals surface area contributed by atoms with E-state index in [0.717, 1.165) is 0 Å². The Hall–Kier alpha value is -2.78. The summed E-state index contributed by atoms with van der Waals surface area (Å²) in [5, 5.41) is 0.399. The number of aromatic nitrogens is 1. The van der Waals surface area contributed by atoms with Crippen LogP contribution >= 0.6 is 11.6 Å². The van der Waals surface area contributed by atoms with Gasteiger partial charge in [0.1, 0.15) is 0 Å². The topological polar surface area (TPSA) is 90.0 Å². The number of carbonyl (C=O) groups is 1. The number of ether oxygens (including phenoxy) is 2. The van der Waals surface area contributed by atoms with E-state index in [1.807, 2.05) is 6.92 Å². The molecule has 1 fully saturated rings. The van der Waals surface area contributed by atoms with Crippen LogP contribution in [0.2, 0.25) is 5.02 Å². The Labute approximate surface area is 195 Å². The summed E-state index contributed by atoms with van der Waals surface area (Å²) in [6.45, 7) is -0.000206. The van der Waals surface area contributed by atoms with Gasteiger partial charge in [-0.05, 0) is 37.0 Å². The molecule has 1 saturated heterocycles. The number of pyridine rings is 1. The molecule has 0 saturated carbocycles. The average Bonchev–Trinajstić information content (AvgIpc) is 2.76. The minimum Gasteiger partial charge on any atom is -0.417 e. The fourth-order valence-electron chi connectivity index (χ4n) is 4.43. The molecule has 4 rings (SSSR count). The first-order valence-electron chi connectivity index (χ1n) is 10.7.